The van der Waals surface area contributed by atoms with Crippen molar-refractivity contribution in [1.29, 1.82) is 0 Å². The number of hydrogen-bond donors (Lipinski definition) is 1. The Morgan fingerprint density at radius 3 is 2.61 bits per heavy atom. The van der Waals surface area contributed by atoms with E-state index >= 15 is 0 Å². The Hall–Kier alpha value is -2.08. The van der Waals surface area contributed by atoms with Gasteiger partial charge in [0, 0.05) is 6.07 Å². The van der Waals surface area contributed by atoms with Gasteiger partial charge in [-0.2, -0.15) is 0 Å². The van der Waals surface area contributed by atoms with Gasteiger partial charge in [-0.05, 0) is 17.7 Å². The molecule has 1 aromatic heterocycles. The molecule has 1 heterocycles. The largest absolute Gasteiger partial charge is 0.481 e. The fraction of sp³-hybridized carbons (Fsp3) is 0.167. The van der Waals surface area contributed by atoms with E-state index in [1.54, 1.807) is 6.07 Å². The molecule has 0 spiro atoms. The Bertz CT molecular complexity index is 563. The molecule has 1 unspecified atom stereocenters. The van der Waals surface area contributed by atoms with E-state index in [0.29, 0.717) is 17.1 Å². The van der Waals surface area contributed by atoms with E-state index in [2.05, 4.69) is 9.97 Å². The lowest BCUT2D eigenvalue weighted by Crippen LogP contribution is -2.14. The van der Waals surface area contributed by atoms with Gasteiger partial charge < -0.3 is 10.5 Å². The maximum absolute atomic E-state index is 13.1. The maximum Gasteiger partial charge on any atom is 0.216 e. The summed E-state index contributed by atoms with van der Waals surface area (Å²) >= 11 is 0. The zero-order chi connectivity index (χ0) is 13.1. The molecule has 18 heavy (non-hydrogen) atoms. The van der Waals surface area contributed by atoms with Crippen LogP contribution in [0.15, 0.2) is 30.6 Å². The quantitative estimate of drug-likeness (QED) is 0.903. The Kier molecular flexibility index (Phi) is 3.47. The van der Waals surface area contributed by atoms with Crippen molar-refractivity contribution in [3.8, 4) is 5.88 Å². The summed E-state index contributed by atoms with van der Waals surface area (Å²) in [5.74, 6) is -1.49. The standard InChI is InChI=1S/C12H11F2N3O/c1-18-11-5-10(16-6-17-11)12(15)7-2-3-8(13)9(14)4-7/h2-6,12H,15H2,1H3. The van der Waals surface area contributed by atoms with Crippen molar-refractivity contribution in [1.82, 2.24) is 9.97 Å². The van der Waals surface area contributed by atoms with Crippen LogP contribution in [-0.2, 0) is 0 Å². The fourth-order valence-electron chi connectivity index (χ4n) is 1.51. The van der Waals surface area contributed by atoms with Crippen LogP contribution in [0.5, 0.6) is 5.88 Å². The summed E-state index contributed by atoms with van der Waals surface area (Å²) in [5.41, 5.74) is 6.82. The van der Waals surface area contributed by atoms with Crippen molar-refractivity contribution in [2.24, 2.45) is 5.73 Å². The van der Waals surface area contributed by atoms with Crippen LogP contribution in [0, 0.1) is 11.6 Å². The molecule has 0 bridgehead atoms. The first-order valence-corrected chi connectivity index (χ1v) is 5.18. The zero-order valence-corrected chi connectivity index (χ0v) is 9.60. The Morgan fingerprint density at radius 2 is 1.94 bits per heavy atom. The number of ether oxygens (including phenoxy) is 1. The number of benzene rings is 1. The van der Waals surface area contributed by atoms with Gasteiger partial charge in [0.2, 0.25) is 5.88 Å². The minimum Gasteiger partial charge on any atom is -0.481 e. The molecule has 0 aliphatic rings. The molecule has 2 N–H and O–H groups in total. The lowest BCUT2D eigenvalue weighted by Gasteiger charge is -2.12. The first-order valence-electron chi connectivity index (χ1n) is 5.18. The number of methoxy groups -OCH3 is 1. The van der Waals surface area contributed by atoms with E-state index in [4.69, 9.17) is 10.5 Å². The highest BCUT2D eigenvalue weighted by atomic mass is 19.2. The molecule has 1 atom stereocenters. The summed E-state index contributed by atoms with van der Waals surface area (Å²) in [6.45, 7) is 0. The number of hydrogen-bond acceptors (Lipinski definition) is 4. The summed E-state index contributed by atoms with van der Waals surface area (Å²) in [6, 6.07) is 4.37. The van der Waals surface area contributed by atoms with Crippen LogP contribution in [0.25, 0.3) is 0 Å². The first-order chi connectivity index (χ1) is 8.61. The van der Waals surface area contributed by atoms with Crippen molar-refractivity contribution in [2.45, 2.75) is 6.04 Å². The smallest absolute Gasteiger partial charge is 0.216 e. The number of aromatic nitrogens is 2. The van der Waals surface area contributed by atoms with Gasteiger partial charge in [-0.1, -0.05) is 6.07 Å². The third-order valence-electron chi connectivity index (χ3n) is 2.49. The summed E-state index contributed by atoms with van der Waals surface area (Å²) in [4.78, 5) is 7.83. The van der Waals surface area contributed by atoms with E-state index in [0.717, 1.165) is 12.1 Å². The summed E-state index contributed by atoms with van der Waals surface area (Å²) in [7, 11) is 1.47. The van der Waals surface area contributed by atoms with Crippen LogP contribution in [0.4, 0.5) is 8.78 Å². The highest BCUT2D eigenvalue weighted by Gasteiger charge is 2.14. The van der Waals surface area contributed by atoms with E-state index in [1.165, 1.54) is 19.5 Å². The molecule has 94 valence electrons. The van der Waals surface area contributed by atoms with Crippen molar-refractivity contribution in [2.75, 3.05) is 7.11 Å². The van der Waals surface area contributed by atoms with Gasteiger partial charge in [-0.25, -0.2) is 18.7 Å². The van der Waals surface area contributed by atoms with Gasteiger partial charge in [0.15, 0.2) is 11.6 Å². The molecule has 0 saturated heterocycles. The first kappa shape index (κ1) is 12.4. The molecule has 4 nitrogen and oxygen atoms in total. The predicted octanol–water partition coefficient (Wildman–Crippen LogP) is 1.81. The third-order valence-corrected chi connectivity index (χ3v) is 2.49. The summed E-state index contributed by atoms with van der Waals surface area (Å²) < 4.78 is 30.9. The monoisotopic (exact) mass is 251 g/mol. The molecule has 0 saturated carbocycles. The van der Waals surface area contributed by atoms with Crippen LogP contribution in [-0.4, -0.2) is 17.1 Å². The number of rotatable bonds is 3. The maximum atomic E-state index is 13.1. The van der Waals surface area contributed by atoms with Crippen molar-refractivity contribution in [3.05, 3.63) is 53.5 Å². The van der Waals surface area contributed by atoms with Gasteiger partial charge in [-0.3, -0.25) is 0 Å². The number of halogens is 2. The second-order valence-electron chi connectivity index (χ2n) is 3.64. The Balaban J connectivity index is 2.34. The highest BCUT2D eigenvalue weighted by molar-refractivity contribution is 5.29. The van der Waals surface area contributed by atoms with Gasteiger partial charge in [0.25, 0.3) is 0 Å². The topological polar surface area (TPSA) is 61.0 Å². The van der Waals surface area contributed by atoms with Crippen molar-refractivity contribution < 1.29 is 13.5 Å². The molecule has 0 aliphatic heterocycles. The van der Waals surface area contributed by atoms with E-state index in [9.17, 15) is 8.78 Å². The molecule has 0 radical (unpaired) electrons. The molecule has 2 aromatic rings. The molecule has 6 heteroatoms. The predicted molar refractivity (Wildman–Crippen MR) is 61.0 cm³/mol. The van der Waals surface area contributed by atoms with Gasteiger partial charge in [0.05, 0.1) is 18.8 Å². The second-order valence-corrected chi connectivity index (χ2v) is 3.64. The Labute approximate surface area is 102 Å². The minimum atomic E-state index is -0.941. The lowest BCUT2D eigenvalue weighted by molar-refractivity contribution is 0.395. The molecule has 0 amide bonds. The van der Waals surface area contributed by atoms with Gasteiger partial charge in [0.1, 0.15) is 6.33 Å². The number of nitrogens with two attached hydrogens (primary N) is 1. The van der Waals surface area contributed by atoms with Crippen LogP contribution >= 0.6 is 0 Å². The average Bonchev–Trinajstić information content (AvgIpc) is 2.41. The molecule has 0 fully saturated rings. The van der Waals surface area contributed by atoms with Crippen molar-refractivity contribution in [3.63, 3.8) is 0 Å². The molecule has 2 rings (SSSR count). The summed E-state index contributed by atoms with van der Waals surface area (Å²) in [5, 5.41) is 0. The van der Waals surface area contributed by atoms with E-state index < -0.39 is 17.7 Å². The fourth-order valence-corrected chi connectivity index (χ4v) is 1.51. The zero-order valence-electron chi connectivity index (χ0n) is 9.60. The van der Waals surface area contributed by atoms with E-state index in [1.807, 2.05) is 0 Å². The van der Waals surface area contributed by atoms with Gasteiger partial charge in [-0.15, -0.1) is 0 Å². The summed E-state index contributed by atoms with van der Waals surface area (Å²) in [6.07, 6.45) is 1.30. The van der Waals surface area contributed by atoms with Gasteiger partial charge >= 0.3 is 0 Å². The normalized spacial score (nSPS) is 12.2. The minimum absolute atomic E-state index is 0.359. The lowest BCUT2D eigenvalue weighted by atomic mass is 10.0. The SMILES string of the molecule is COc1cc(C(N)c2ccc(F)c(F)c2)ncn1. The highest BCUT2D eigenvalue weighted by Crippen LogP contribution is 2.21. The molecular formula is C12H11F2N3O. The second kappa shape index (κ2) is 5.05. The van der Waals surface area contributed by atoms with Crippen molar-refractivity contribution >= 4 is 0 Å². The van der Waals surface area contributed by atoms with Crippen LogP contribution in [0.3, 0.4) is 0 Å². The van der Waals surface area contributed by atoms with E-state index in [-0.39, 0.29) is 0 Å². The van der Waals surface area contributed by atoms with Crippen LogP contribution in [0.2, 0.25) is 0 Å². The van der Waals surface area contributed by atoms with Crippen LogP contribution in [0.1, 0.15) is 17.3 Å². The molecule has 1 aromatic carbocycles. The Morgan fingerprint density at radius 1 is 1.17 bits per heavy atom. The molecular weight excluding hydrogens is 240 g/mol. The average molecular weight is 251 g/mol. The molecule has 0 aliphatic carbocycles. The van der Waals surface area contributed by atoms with Crippen LogP contribution < -0.4 is 10.5 Å². The third kappa shape index (κ3) is 2.43. The number of nitrogens with zero attached hydrogens (tertiary/aromatic N) is 2.